The minimum atomic E-state index is -4.53. The lowest BCUT2D eigenvalue weighted by molar-refractivity contribution is -0.202. The summed E-state index contributed by atoms with van der Waals surface area (Å²) in [7, 11) is 0. The van der Waals surface area contributed by atoms with Crippen LogP contribution < -0.4 is 5.32 Å². The molecule has 0 rings (SSSR count). The number of aliphatic hydroxyl groups excluding tert-OH is 1. The molecule has 0 aromatic rings. The Kier molecular flexibility index (Phi) is 4.88. The highest BCUT2D eigenvalue weighted by atomic mass is 19.4. The molecule has 0 radical (unpaired) electrons. The first-order valence-electron chi connectivity index (χ1n) is 4.69. The molecule has 1 atom stereocenters. The molecule has 0 fully saturated rings. The smallest absolute Gasteiger partial charge is 0.382 e. The Labute approximate surface area is 82.5 Å². The number of halogens is 3. The molecule has 0 aliphatic heterocycles. The second-order valence-electron chi connectivity index (χ2n) is 4.07. The van der Waals surface area contributed by atoms with Crippen molar-refractivity contribution in [2.24, 2.45) is 0 Å². The van der Waals surface area contributed by atoms with Gasteiger partial charge in [0.15, 0.2) is 6.10 Å². The van der Waals surface area contributed by atoms with Crippen LogP contribution in [0.5, 0.6) is 0 Å². The number of hydrogen-bond acceptors (Lipinski definition) is 2. The van der Waals surface area contributed by atoms with Crippen molar-refractivity contribution in [1.82, 2.24) is 5.32 Å². The van der Waals surface area contributed by atoms with Crippen LogP contribution in [0.4, 0.5) is 13.2 Å². The summed E-state index contributed by atoms with van der Waals surface area (Å²) < 4.78 is 35.8. The second-order valence-corrected chi connectivity index (χ2v) is 4.07. The van der Waals surface area contributed by atoms with Crippen LogP contribution in [0.1, 0.15) is 33.6 Å². The molecular weight excluding hydrogens is 195 g/mol. The molecule has 0 heterocycles. The Morgan fingerprint density at radius 2 is 1.79 bits per heavy atom. The van der Waals surface area contributed by atoms with E-state index in [0.29, 0.717) is 0 Å². The van der Waals surface area contributed by atoms with Gasteiger partial charge >= 0.3 is 6.18 Å². The zero-order chi connectivity index (χ0) is 11.4. The van der Waals surface area contributed by atoms with Crippen LogP contribution in [0.15, 0.2) is 0 Å². The van der Waals surface area contributed by atoms with E-state index in [4.69, 9.17) is 5.11 Å². The van der Waals surface area contributed by atoms with Crippen LogP contribution >= 0.6 is 0 Å². The molecule has 1 unspecified atom stereocenters. The molecule has 0 aliphatic carbocycles. The SMILES string of the molecule is CCCC(C)(C)NCC(O)C(F)(F)F. The summed E-state index contributed by atoms with van der Waals surface area (Å²) in [5.41, 5.74) is -0.360. The molecule has 0 amide bonds. The highest BCUT2D eigenvalue weighted by Gasteiger charge is 2.38. The third-order valence-corrected chi connectivity index (χ3v) is 2.03. The third-order valence-electron chi connectivity index (χ3n) is 2.03. The lowest BCUT2D eigenvalue weighted by atomic mass is 9.99. The first-order valence-corrected chi connectivity index (χ1v) is 4.69. The summed E-state index contributed by atoms with van der Waals surface area (Å²) >= 11 is 0. The molecule has 86 valence electrons. The highest BCUT2D eigenvalue weighted by Crippen LogP contribution is 2.20. The molecule has 2 nitrogen and oxygen atoms in total. The fourth-order valence-electron chi connectivity index (χ4n) is 1.20. The monoisotopic (exact) mass is 213 g/mol. The molecule has 5 heteroatoms. The number of rotatable bonds is 5. The largest absolute Gasteiger partial charge is 0.415 e. The van der Waals surface area contributed by atoms with Gasteiger partial charge in [0.25, 0.3) is 0 Å². The predicted molar refractivity (Wildman–Crippen MR) is 49.1 cm³/mol. The zero-order valence-corrected chi connectivity index (χ0v) is 8.78. The topological polar surface area (TPSA) is 32.3 Å². The number of aliphatic hydroxyl groups is 1. The third kappa shape index (κ3) is 5.44. The summed E-state index contributed by atoms with van der Waals surface area (Å²) in [6.07, 6.45) is -5.15. The van der Waals surface area contributed by atoms with Gasteiger partial charge < -0.3 is 10.4 Å². The fourth-order valence-corrected chi connectivity index (χ4v) is 1.20. The van der Waals surface area contributed by atoms with Gasteiger partial charge in [-0.25, -0.2) is 0 Å². The first kappa shape index (κ1) is 13.7. The second kappa shape index (κ2) is 4.98. The molecule has 0 aromatic carbocycles. The standard InChI is InChI=1S/C9H18F3NO/c1-4-5-8(2,3)13-6-7(14)9(10,11)12/h7,13-14H,4-6H2,1-3H3. The Balaban J connectivity index is 3.93. The minimum Gasteiger partial charge on any atom is -0.382 e. The molecule has 0 spiro atoms. The number of hydrogen-bond donors (Lipinski definition) is 2. The van der Waals surface area contributed by atoms with Crippen LogP contribution in [-0.4, -0.2) is 29.5 Å². The van der Waals surface area contributed by atoms with E-state index >= 15 is 0 Å². The number of alkyl halides is 3. The van der Waals surface area contributed by atoms with Gasteiger partial charge in [0.1, 0.15) is 0 Å². The normalized spacial score (nSPS) is 15.6. The van der Waals surface area contributed by atoms with Gasteiger partial charge in [-0.05, 0) is 20.3 Å². The molecule has 0 saturated carbocycles. The van der Waals surface area contributed by atoms with Crippen LogP contribution in [0, 0.1) is 0 Å². The van der Waals surface area contributed by atoms with Crippen LogP contribution in [0.3, 0.4) is 0 Å². The molecule has 14 heavy (non-hydrogen) atoms. The highest BCUT2D eigenvalue weighted by molar-refractivity contribution is 4.79. The van der Waals surface area contributed by atoms with E-state index < -0.39 is 18.8 Å². The van der Waals surface area contributed by atoms with E-state index in [9.17, 15) is 13.2 Å². The van der Waals surface area contributed by atoms with E-state index in [-0.39, 0.29) is 5.54 Å². The molecular formula is C9H18F3NO. The maximum Gasteiger partial charge on any atom is 0.415 e. The maximum atomic E-state index is 11.9. The Morgan fingerprint density at radius 3 is 2.14 bits per heavy atom. The fraction of sp³-hybridized carbons (Fsp3) is 1.00. The lowest BCUT2D eigenvalue weighted by Crippen LogP contribution is -2.47. The Bertz CT molecular complexity index is 168. The van der Waals surface area contributed by atoms with Crippen LogP contribution in [0.2, 0.25) is 0 Å². The Morgan fingerprint density at radius 1 is 1.29 bits per heavy atom. The van der Waals surface area contributed by atoms with E-state index in [1.807, 2.05) is 20.8 Å². The Hall–Kier alpha value is -0.290. The summed E-state index contributed by atoms with van der Waals surface area (Å²) in [6, 6.07) is 0. The van der Waals surface area contributed by atoms with Gasteiger partial charge in [0.05, 0.1) is 0 Å². The van der Waals surface area contributed by atoms with E-state index in [0.717, 1.165) is 12.8 Å². The zero-order valence-electron chi connectivity index (χ0n) is 8.78. The van der Waals surface area contributed by atoms with E-state index in [1.165, 1.54) is 0 Å². The van der Waals surface area contributed by atoms with E-state index in [2.05, 4.69) is 5.32 Å². The van der Waals surface area contributed by atoms with Crippen LogP contribution in [0.25, 0.3) is 0 Å². The van der Waals surface area contributed by atoms with Crippen molar-refractivity contribution in [1.29, 1.82) is 0 Å². The van der Waals surface area contributed by atoms with Gasteiger partial charge in [-0.1, -0.05) is 13.3 Å². The molecule has 0 bridgehead atoms. The van der Waals surface area contributed by atoms with E-state index in [1.54, 1.807) is 0 Å². The summed E-state index contributed by atoms with van der Waals surface area (Å²) in [5.74, 6) is 0. The molecule has 2 N–H and O–H groups in total. The van der Waals surface area contributed by atoms with Gasteiger partial charge in [-0.15, -0.1) is 0 Å². The van der Waals surface area contributed by atoms with Crippen LogP contribution in [-0.2, 0) is 0 Å². The summed E-state index contributed by atoms with van der Waals surface area (Å²) in [4.78, 5) is 0. The maximum absolute atomic E-state index is 11.9. The van der Waals surface area contributed by atoms with Gasteiger partial charge in [0.2, 0.25) is 0 Å². The number of β-amino-alcohol motifs (C(OH)–C–C–N with tert-alkyl or cyclic N) is 1. The quantitative estimate of drug-likeness (QED) is 0.732. The van der Waals surface area contributed by atoms with Crippen molar-refractivity contribution in [3.05, 3.63) is 0 Å². The molecule has 0 aromatic heterocycles. The lowest BCUT2D eigenvalue weighted by Gasteiger charge is -2.27. The molecule has 0 saturated heterocycles. The van der Waals surface area contributed by atoms with Gasteiger partial charge in [-0.2, -0.15) is 13.2 Å². The average molecular weight is 213 g/mol. The van der Waals surface area contributed by atoms with Crippen molar-refractivity contribution in [3.8, 4) is 0 Å². The van der Waals surface area contributed by atoms with Crippen molar-refractivity contribution < 1.29 is 18.3 Å². The average Bonchev–Trinajstić information content (AvgIpc) is 1.98. The van der Waals surface area contributed by atoms with Crippen molar-refractivity contribution in [2.45, 2.75) is 51.4 Å². The van der Waals surface area contributed by atoms with Crippen molar-refractivity contribution in [3.63, 3.8) is 0 Å². The van der Waals surface area contributed by atoms with Gasteiger partial charge in [0, 0.05) is 12.1 Å². The van der Waals surface area contributed by atoms with Crippen molar-refractivity contribution >= 4 is 0 Å². The number of nitrogens with one attached hydrogen (secondary N) is 1. The van der Waals surface area contributed by atoms with Crippen molar-refractivity contribution in [2.75, 3.05) is 6.54 Å². The first-order chi connectivity index (χ1) is 6.19. The van der Waals surface area contributed by atoms with Gasteiger partial charge in [-0.3, -0.25) is 0 Å². The molecule has 0 aliphatic rings. The summed E-state index contributed by atoms with van der Waals surface area (Å²) in [6.45, 7) is 5.15. The summed E-state index contributed by atoms with van der Waals surface area (Å²) in [5, 5.41) is 11.4. The minimum absolute atomic E-state index is 0.360. The predicted octanol–water partition coefficient (Wildman–Crippen LogP) is 2.08.